The molecular formula is C61H47O10S5Y. The van der Waals surface area contributed by atoms with Gasteiger partial charge in [-0.25, -0.2) is 42.1 Å². The molecule has 0 amide bonds. The van der Waals surface area contributed by atoms with E-state index in [1.165, 1.54) is 0 Å². The van der Waals surface area contributed by atoms with Crippen LogP contribution in [0.4, 0.5) is 0 Å². The van der Waals surface area contributed by atoms with Crippen LogP contribution in [0.1, 0.15) is 11.1 Å². The van der Waals surface area contributed by atoms with Crippen molar-refractivity contribution >= 4 is 49.2 Å². The van der Waals surface area contributed by atoms with Crippen molar-refractivity contribution in [2.45, 2.75) is 55.4 Å². The predicted molar refractivity (Wildman–Crippen MR) is 291 cm³/mol. The van der Waals surface area contributed by atoms with Gasteiger partial charge in [-0.2, -0.15) is 91.0 Å². The molecule has 0 aliphatic carbocycles. The summed E-state index contributed by atoms with van der Waals surface area (Å²) in [4.78, 5) is 2.85. The molecule has 10 nitrogen and oxygen atoms in total. The van der Waals surface area contributed by atoms with Crippen LogP contribution in [0.2, 0.25) is 0 Å². The normalized spacial score (nSPS) is 11.3. The third kappa shape index (κ3) is 15.6. The van der Waals surface area contributed by atoms with Crippen LogP contribution in [0.3, 0.4) is 0 Å². The summed E-state index contributed by atoms with van der Waals surface area (Å²) < 4.78 is 123. The van der Waals surface area contributed by atoms with Crippen molar-refractivity contribution in [1.82, 2.24) is 0 Å². The zero-order valence-electron chi connectivity index (χ0n) is 40.9. The molecule has 77 heavy (non-hydrogen) atoms. The van der Waals surface area contributed by atoms with E-state index in [0.717, 1.165) is 11.1 Å². The smallest absolute Gasteiger partial charge is 0.221 e. The van der Waals surface area contributed by atoms with E-state index in [1.54, 1.807) is 273 Å². The monoisotopic (exact) mass is 1190 g/mol. The molecular weight excluding hydrogens is 1140 g/mol. The van der Waals surface area contributed by atoms with Crippen molar-refractivity contribution in [3.63, 3.8) is 0 Å². The van der Waals surface area contributed by atoms with Crippen LogP contribution in [0.25, 0.3) is 0 Å². The van der Waals surface area contributed by atoms with E-state index in [1.807, 2.05) is 0 Å². The molecule has 0 aliphatic heterocycles. The van der Waals surface area contributed by atoms with Gasteiger partial charge in [0, 0.05) is 0 Å². The summed E-state index contributed by atoms with van der Waals surface area (Å²) in [5.41, 5.74) is 1.87. The van der Waals surface area contributed by atoms with E-state index in [-0.39, 0.29) is 52.3 Å². The van der Waals surface area contributed by atoms with Gasteiger partial charge in [-0.1, -0.05) is 115 Å². The van der Waals surface area contributed by atoms with Crippen molar-refractivity contribution in [1.29, 1.82) is 0 Å². The molecule has 10 aromatic rings. The summed E-state index contributed by atoms with van der Waals surface area (Å²) in [7, 11) is -17.2. The first kappa shape index (κ1) is 59.3. The molecule has 0 aromatic heterocycles. The Kier molecular flexibility index (Phi) is 21.1. The molecule has 0 fully saturated rings. The Balaban J connectivity index is 0.000000177. The number of hydrogen-bond donors (Lipinski definition) is 0. The van der Waals surface area contributed by atoms with Gasteiger partial charge in [-0.05, 0) is 117 Å². The molecule has 16 heteroatoms. The number of hydrogen-bond acceptors (Lipinski definition) is 10. The van der Waals surface area contributed by atoms with Crippen LogP contribution in [0, 0.1) is 18.2 Å². The van der Waals surface area contributed by atoms with Crippen LogP contribution in [0.15, 0.2) is 322 Å². The first-order valence-corrected chi connectivity index (χ1v) is 30.5. The van der Waals surface area contributed by atoms with Crippen molar-refractivity contribution in [2.75, 3.05) is 0 Å². The predicted octanol–water partition coefficient (Wildman–Crippen LogP) is 11.9. The second kappa shape index (κ2) is 27.4. The van der Waals surface area contributed by atoms with Crippen LogP contribution >= 0.6 is 0 Å². The van der Waals surface area contributed by atoms with E-state index in [0.29, 0.717) is 35.8 Å². The molecule has 0 heterocycles. The molecule has 0 N–H and O–H groups in total. The van der Waals surface area contributed by atoms with Gasteiger partial charge < -0.3 is 0 Å². The Morgan fingerprint density at radius 1 is 0.208 bits per heavy atom. The van der Waals surface area contributed by atoms with Crippen LogP contribution in [-0.4, -0.2) is 42.1 Å². The van der Waals surface area contributed by atoms with Crippen LogP contribution < -0.4 is 0 Å². The molecule has 10 rings (SSSR count). The Morgan fingerprint density at radius 2 is 0.364 bits per heavy atom. The molecule has 0 unspecified atom stereocenters. The Bertz CT molecular complexity index is 3510. The van der Waals surface area contributed by atoms with Crippen molar-refractivity contribution in [3.8, 4) is 0 Å². The molecule has 384 valence electrons. The maximum absolute atomic E-state index is 12.7. The van der Waals surface area contributed by atoms with Crippen molar-refractivity contribution in [2.24, 2.45) is 0 Å². The average Bonchev–Trinajstić information content (AvgIpc) is 3.48. The van der Waals surface area contributed by atoms with Gasteiger partial charge in [-0.15, -0.1) is 0 Å². The molecule has 0 spiro atoms. The first-order valence-electron chi connectivity index (χ1n) is 23.1. The average molecular weight is 1190 g/mol. The van der Waals surface area contributed by atoms with Gasteiger partial charge in [0.2, 0.25) is 19.7 Å². The molecule has 10 aromatic carbocycles. The second-order valence-corrected chi connectivity index (χ2v) is 26.0. The Hall–Kier alpha value is -6.95. The quantitative estimate of drug-likeness (QED) is 0.107. The third-order valence-corrected chi connectivity index (χ3v) is 20.1. The molecule has 0 bridgehead atoms. The molecule has 0 aliphatic rings. The van der Waals surface area contributed by atoms with Gasteiger partial charge in [0.15, 0.2) is 29.5 Å². The molecule has 0 saturated carbocycles. The van der Waals surface area contributed by atoms with E-state index in [4.69, 9.17) is 0 Å². The SMILES string of the molecule is O=S(=O)(c1cc[c-]cc1)c1ccccc1.O=S(=O)(c1cc[c-]cc1)c1ccccc1.O=S(=O)(c1cc[c-]cc1)c1ccccc1.O=S(=O)(c1ccccc1)c1ccc(Cc2ccc(S(=O)(=O)c3ccccc3)cc2)cc1.[Y+3]. The fourth-order valence-corrected chi connectivity index (χ4v) is 13.5. The van der Waals surface area contributed by atoms with Crippen LogP contribution in [0.5, 0.6) is 0 Å². The topological polar surface area (TPSA) is 171 Å². The largest absolute Gasteiger partial charge is 3.00 e. The Labute approximate surface area is 477 Å². The Morgan fingerprint density at radius 3 is 0.545 bits per heavy atom. The third-order valence-electron chi connectivity index (χ3n) is 11.1. The van der Waals surface area contributed by atoms with Gasteiger partial charge >= 0.3 is 32.7 Å². The minimum Gasteiger partial charge on any atom is -0.221 e. The van der Waals surface area contributed by atoms with E-state index in [9.17, 15) is 42.1 Å². The maximum Gasteiger partial charge on any atom is 3.00 e. The van der Waals surface area contributed by atoms with Crippen molar-refractivity contribution < 1.29 is 74.8 Å². The summed E-state index contributed by atoms with van der Waals surface area (Å²) in [6.45, 7) is 0. The summed E-state index contributed by atoms with van der Waals surface area (Å²) in [5.74, 6) is 0. The number of benzene rings is 10. The maximum atomic E-state index is 12.7. The number of rotatable bonds is 12. The molecule has 0 radical (unpaired) electrons. The van der Waals surface area contributed by atoms with Gasteiger partial charge in [0.05, 0.1) is 34.3 Å². The van der Waals surface area contributed by atoms with Gasteiger partial charge in [-0.3, -0.25) is 0 Å². The fourth-order valence-electron chi connectivity index (χ4n) is 7.14. The summed E-state index contributed by atoms with van der Waals surface area (Å²) >= 11 is 0. The van der Waals surface area contributed by atoms with Crippen LogP contribution in [-0.2, 0) is 88.3 Å². The summed E-state index contributed by atoms with van der Waals surface area (Å²) in [6.07, 6.45) is 0.567. The van der Waals surface area contributed by atoms with Crippen molar-refractivity contribution in [3.05, 3.63) is 302 Å². The van der Waals surface area contributed by atoms with E-state index >= 15 is 0 Å². The van der Waals surface area contributed by atoms with E-state index in [2.05, 4.69) is 18.2 Å². The zero-order valence-corrected chi connectivity index (χ0v) is 47.8. The number of sulfone groups is 5. The fraction of sp³-hybridized carbons (Fsp3) is 0.0164. The standard InChI is InChI=1S/C25H20O4S2.3C12H9O2S.Y/c26-30(27,22-7-3-1-4-8-22)24-15-11-20(12-16-24)19-21-13-17-25(18-14-21)31(28,29)23-9-5-2-6-10-23;3*13-15(14,11-7-3-1-4-8-11)12-9-5-2-6-10-12;/h1-18H,19H2;3*1,3-10H;/q;3*-1;+3. The molecule has 0 atom stereocenters. The summed E-state index contributed by atoms with van der Waals surface area (Å²) in [6, 6.07) is 82.6. The minimum atomic E-state index is -3.54. The van der Waals surface area contributed by atoms with Gasteiger partial charge in [0.1, 0.15) is 0 Å². The summed E-state index contributed by atoms with van der Waals surface area (Å²) in [5, 5.41) is 0. The second-order valence-electron chi connectivity index (χ2n) is 16.3. The van der Waals surface area contributed by atoms with Gasteiger partial charge in [0.25, 0.3) is 0 Å². The van der Waals surface area contributed by atoms with E-state index < -0.39 is 49.2 Å². The zero-order chi connectivity index (χ0) is 54.1. The minimum absolute atomic E-state index is 0. The first-order chi connectivity index (χ1) is 36.5. The molecule has 0 saturated heterocycles.